The summed E-state index contributed by atoms with van der Waals surface area (Å²) in [4.78, 5) is 24.0. The van der Waals surface area contributed by atoms with E-state index in [4.69, 9.17) is 9.47 Å². The molecule has 0 heterocycles. The van der Waals surface area contributed by atoms with Crippen LogP contribution in [0.4, 0.5) is 5.69 Å². The molecule has 0 aliphatic heterocycles. The predicted octanol–water partition coefficient (Wildman–Crippen LogP) is 3.14. The highest BCUT2D eigenvalue weighted by atomic mass is 16.5. The number of para-hydroxylation sites is 2. The molecule has 0 unspecified atom stereocenters. The molecule has 2 aromatic carbocycles. The molecule has 6 nitrogen and oxygen atoms in total. The monoisotopic (exact) mass is 370 g/mol. The summed E-state index contributed by atoms with van der Waals surface area (Å²) in [7, 11) is 1.56. The van der Waals surface area contributed by atoms with E-state index >= 15 is 0 Å². The first-order chi connectivity index (χ1) is 12.9. The van der Waals surface area contributed by atoms with Gasteiger partial charge in [0, 0.05) is 5.69 Å². The zero-order valence-corrected chi connectivity index (χ0v) is 16.2. The van der Waals surface area contributed by atoms with Gasteiger partial charge < -0.3 is 20.1 Å². The summed E-state index contributed by atoms with van der Waals surface area (Å²) in [6.07, 6.45) is 0.147. The Morgan fingerprint density at radius 2 is 1.59 bits per heavy atom. The third kappa shape index (κ3) is 6.02. The number of aryl methyl sites for hydroxylation is 3. The lowest BCUT2D eigenvalue weighted by Crippen LogP contribution is -2.33. The van der Waals surface area contributed by atoms with E-state index in [-0.39, 0.29) is 31.4 Å². The molecular weight excluding hydrogens is 344 g/mol. The Morgan fingerprint density at radius 3 is 2.22 bits per heavy atom. The van der Waals surface area contributed by atoms with Gasteiger partial charge in [-0.2, -0.15) is 0 Å². The number of rotatable bonds is 8. The molecule has 6 heteroatoms. The summed E-state index contributed by atoms with van der Waals surface area (Å²) in [5.41, 5.74) is 3.93. The first-order valence-electron chi connectivity index (χ1n) is 8.81. The molecule has 0 aliphatic rings. The van der Waals surface area contributed by atoms with Crippen LogP contribution in [0.1, 0.15) is 23.1 Å². The Hall–Kier alpha value is -3.02. The standard InChI is InChI=1S/C21H26N2O4/c1-14-11-15(2)21(16(3)12-14)23-20(25)13-22-19(24)9-10-27-18-8-6-5-7-17(18)26-4/h5-8,11-12H,9-10,13H2,1-4H3,(H,22,24)(H,23,25). The number of anilines is 1. The number of hydrogen-bond acceptors (Lipinski definition) is 4. The van der Waals surface area contributed by atoms with Gasteiger partial charge in [0.05, 0.1) is 26.7 Å². The highest BCUT2D eigenvalue weighted by Crippen LogP contribution is 2.25. The number of carbonyl (C=O) groups is 2. The van der Waals surface area contributed by atoms with Crippen LogP contribution in [0, 0.1) is 20.8 Å². The molecule has 0 aliphatic carbocycles. The third-order valence-electron chi connectivity index (χ3n) is 4.04. The van der Waals surface area contributed by atoms with Crippen LogP contribution in [0.25, 0.3) is 0 Å². The highest BCUT2D eigenvalue weighted by Gasteiger charge is 2.10. The van der Waals surface area contributed by atoms with Crippen LogP contribution in [-0.2, 0) is 9.59 Å². The minimum atomic E-state index is -0.260. The summed E-state index contributed by atoms with van der Waals surface area (Å²) in [6, 6.07) is 11.3. The number of benzene rings is 2. The fraction of sp³-hybridized carbons (Fsp3) is 0.333. The molecule has 0 atom stereocenters. The van der Waals surface area contributed by atoms with Crippen LogP contribution in [0.3, 0.4) is 0 Å². The average molecular weight is 370 g/mol. The van der Waals surface area contributed by atoms with E-state index in [1.54, 1.807) is 19.2 Å². The van der Waals surface area contributed by atoms with Crippen LogP contribution >= 0.6 is 0 Å². The second kappa shape index (κ2) is 9.62. The maximum absolute atomic E-state index is 12.1. The molecule has 2 N–H and O–H groups in total. The van der Waals surface area contributed by atoms with E-state index in [1.165, 1.54) is 0 Å². The second-order valence-electron chi connectivity index (χ2n) is 6.35. The Bertz CT molecular complexity index is 795. The van der Waals surface area contributed by atoms with Crippen LogP contribution in [0.5, 0.6) is 11.5 Å². The fourth-order valence-electron chi connectivity index (χ4n) is 2.82. The van der Waals surface area contributed by atoms with E-state index in [9.17, 15) is 9.59 Å². The topological polar surface area (TPSA) is 76.7 Å². The van der Waals surface area contributed by atoms with Crippen LogP contribution in [0.15, 0.2) is 36.4 Å². The zero-order chi connectivity index (χ0) is 19.8. The van der Waals surface area contributed by atoms with Crippen molar-refractivity contribution in [2.24, 2.45) is 0 Å². The normalized spacial score (nSPS) is 10.2. The van der Waals surface area contributed by atoms with Gasteiger partial charge >= 0.3 is 0 Å². The lowest BCUT2D eigenvalue weighted by atomic mass is 10.1. The van der Waals surface area contributed by atoms with Crippen molar-refractivity contribution in [1.29, 1.82) is 0 Å². The summed E-state index contributed by atoms with van der Waals surface area (Å²) in [5, 5.41) is 5.46. The van der Waals surface area contributed by atoms with Crippen molar-refractivity contribution >= 4 is 17.5 Å². The maximum Gasteiger partial charge on any atom is 0.243 e. The van der Waals surface area contributed by atoms with E-state index in [2.05, 4.69) is 10.6 Å². The van der Waals surface area contributed by atoms with Crippen LogP contribution in [-0.4, -0.2) is 32.1 Å². The number of nitrogens with one attached hydrogen (secondary N) is 2. The summed E-state index contributed by atoms with van der Waals surface area (Å²) < 4.78 is 10.7. The Balaban J connectivity index is 1.76. The zero-order valence-electron chi connectivity index (χ0n) is 16.2. The van der Waals surface area contributed by atoms with Gasteiger partial charge in [-0.15, -0.1) is 0 Å². The quantitative estimate of drug-likeness (QED) is 0.748. The number of amides is 2. The maximum atomic E-state index is 12.1. The molecule has 0 saturated carbocycles. The van der Waals surface area contributed by atoms with E-state index in [0.717, 1.165) is 22.4 Å². The fourth-order valence-corrected chi connectivity index (χ4v) is 2.82. The molecule has 0 fully saturated rings. The molecule has 2 amide bonds. The van der Waals surface area contributed by atoms with Gasteiger partial charge in [-0.1, -0.05) is 29.8 Å². The van der Waals surface area contributed by atoms with Gasteiger partial charge in [0.15, 0.2) is 11.5 Å². The van der Waals surface area contributed by atoms with Crippen molar-refractivity contribution in [3.8, 4) is 11.5 Å². The van der Waals surface area contributed by atoms with Gasteiger partial charge in [-0.05, 0) is 44.0 Å². The Morgan fingerprint density at radius 1 is 0.963 bits per heavy atom. The molecule has 2 aromatic rings. The predicted molar refractivity (Wildman–Crippen MR) is 105 cm³/mol. The van der Waals surface area contributed by atoms with Gasteiger partial charge in [0.25, 0.3) is 0 Å². The number of hydrogen-bond donors (Lipinski definition) is 2. The van der Waals surface area contributed by atoms with Crippen LogP contribution in [0.2, 0.25) is 0 Å². The molecule has 0 spiro atoms. The van der Waals surface area contributed by atoms with Gasteiger partial charge in [0.1, 0.15) is 0 Å². The molecule has 2 rings (SSSR count). The van der Waals surface area contributed by atoms with Gasteiger partial charge in [-0.25, -0.2) is 0 Å². The first kappa shape index (κ1) is 20.3. The summed E-state index contributed by atoms with van der Waals surface area (Å²) >= 11 is 0. The van der Waals surface area contributed by atoms with E-state index in [0.29, 0.717) is 11.5 Å². The third-order valence-corrected chi connectivity index (χ3v) is 4.04. The molecule has 27 heavy (non-hydrogen) atoms. The second-order valence-corrected chi connectivity index (χ2v) is 6.35. The molecule has 0 radical (unpaired) electrons. The lowest BCUT2D eigenvalue weighted by Gasteiger charge is -2.13. The molecule has 144 valence electrons. The number of carbonyl (C=O) groups excluding carboxylic acids is 2. The van der Waals surface area contributed by atoms with Crippen molar-refractivity contribution in [3.63, 3.8) is 0 Å². The Labute approximate surface area is 159 Å². The molecule has 0 bridgehead atoms. The van der Waals surface area contributed by atoms with Gasteiger partial charge in [0.2, 0.25) is 11.8 Å². The van der Waals surface area contributed by atoms with E-state index < -0.39 is 0 Å². The van der Waals surface area contributed by atoms with Crippen molar-refractivity contribution in [1.82, 2.24) is 5.32 Å². The van der Waals surface area contributed by atoms with Crippen molar-refractivity contribution < 1.29 is 19.1 Å². The lowest BCUT2D eigenvalue weighted by molar-refractivity contribution is -0.124. The van der Waals surface area contributed by atoms with Crippen molar-refractivity contribution in [2.75, 3.05) is 25.6 Å². The minimum Gasteiger partial charge on any atom is -0.493 e. The molecular formula is C21H26N2O4. The average Bonchev–Trinajstić information content (AvgIpc) is 2.63. The summed E-state index contributed by atoms with van der Waals surface area (Å²) in [5.74, 6) is 0.679. The summed E-state index contributed by atoms with van der Waals surface area (Å²) in [6.45, 7) is 6.02. The first-order valence-corrected chi connectivity index (χ1v) is 8.81. The SMILES string of the molecule is COc1ccccc1OCCC(=O)NCC(=O)Nc1c(C)cc(C)cc1C. The van der Waals surface area contributed by atoms with Gasteiger partial charge in [-0.3, -0.25) is 9.59 Å². The van der Waals surface area contributed by atoms with Crippen molar-refractivity contribution in [3.05, 3.63) is 53.1 Å². The van der Waals surface area contributed by atoms with Crippen molar-refractivity contribution in [2.45, 2.75) is 27.2 Å². The number of ether oxygens (including phenoxy) is 2. The highest BCUT2D eigenvalue weighted by molar-refractivity contribution is 5.95. The largest absolute Gasteiger partial charge is 0.493 e. The minimum absolute atomic E-state index is 0.0831. The Kier molecular flexibility index (Phi) is 7.23. The molecule has 0 saturated heterocycles. The van der Waals surface area contributed by atoms with Crippen LogP contribution < -0.4 is 20.1 Å². The smallest absolute Gasteiger partial charge is 0.243 e. The number of methoxy groups -OCH3 is 1. The van der Waals surface area contributed by atoms with E-state index in [1.807, 2.05) is 45.0 Å². The molecule has 0 aromatic heterocycles.